The molecule has 0 saturated heterocycles. The van der Waals surface area contributed by atoms with Gasteiger partial charge in [0.2, 0.25) is 0 Å². The van der Waals surface area contributed by atoms with Gasteiger partial charge in [-0.15, -0.1) is 5.10 Å². The summed E-state index contributed by atoms with van der Waals surface area (Å²) in [7, 11) is 3.16. The summed E-state index contributed by atoms with van der Waals surface area (Å²) in [5.74, 6) is 2.26. The van der Waals surface area contributed by atoms with Gasteiger partial charge in [-0.2, -0.15) is 4.68 Å². The maximum atomic E-state index is 12.9. The van der Waals surface area contributed by atoms with Crippen molar-refractivity contribution in [1.29, 1.82) is 0 Å². The van der Waals surface area contributed by atoms with E-state index < -0.39 is 0 Å². The van der Waals surface area contributed by atoms with Crippen LogP contribution in [-0.2, 0) is 0 Å². The van der Waals surface area contributed by atoms with Crippen molar-refractivity contribution >= 4 is 17.7 Å². The van der Waals surface area contributed by atoms with E-state index in [2.05, 4.69) is 22.0 Å². The first-order chi connectivity index (χ1) is 13.7. The highest BCUT2D eigenvalue weighted by Gasteiger charge is 2.20. The Labute approximate surface area is 168 Å². The van der Waals surface area contributed by atoms with Crippen LogP contribution in [0, 0.1) is 0 Å². The first kappa shape index (κ1) is 19.9. The van der Waals surface area contributed by atoms with Gasteiger partial charge in [-0.3, -0.25) is 9.78 Å². The second kappa shape index (κ2) is 9.36. The van der Waals surface area contributed by atoms with Crippen LogP contribution in [0.4, 0.5) is 0 Å². The largest absolute Gasteiger partial charge is 0.493 e. The third kappa shape index (κ3) is 4.33. The number of carbonyl (C=O) groups is 1. The van der Waals surface area contributed by atoms with Crippen LogP contribution in [0.1, 0.15) is 30.1 Å². The fourth-order valence-corrected chi connectivity index (χ4v) is 3.55. The molecule has 146 valence electrons. The standard InChI is InChI=1S/C20H22N4O3S/c1-4-5-11-28-20-22-18(14-8-9-16(26-2)17(12-14)27-3)23-24(20)19(25)15-7-6-10-21-13-15/h6-10,12-13H,4-5,11H2,1-3H3. The lowest BCUT2D eigenvalue weighted by atomic mass is 10.2. The molecule has 1 aromatic carbocycles. The van der Waals surface area contributed by atoms with Gasteiger partial charge in [0.15, 0.2) is 22.5 Å². The van der Waals surface area contributed by atoms with Crippen LogP contribution in [0.3, 0.4) is 0 Å². The van der Waals surface area contributed by atoms with Gasteiger partial charge < -0.3 is 9.47 Å². The summed E-state index contributed by atoms with van der Waals surface area (Å²) in [6.45, 7) is 2.13. The third-order valence-electron chi connectivity index (χ3n) is 4.05. The van der Waals surface area contributed by atoms with Gasteiger partial charge in [0, 0.05) is 23.7 Å². The van der Waals surface area contributed by atoms with Gasteiger partial charge in [-0.05, 0) is 36.8 Å². The van der Waals surface area contributed by atoms with Gasteiger partial charge in [0.1, 0.15) is 0 Å². The Morgan fingerprint density at radius 3 is 2.68 bits per heavy atom. The molecule has 0 aliphatic rings. The van der Waals surface area contributed by atoms with E-state index in [1.165, 1.54) is 22.6 Å². The molecule has 7 nitrogen and oxygen atoms in total. The first-order valence-corrected chi connectivity index (χ1v) is 9.93. The fourth-order valence-electron chi connectivity index (χ4n) is 2.54. The molecule has 0 saturated carbocycles. The van der Waals surface area contributed by atoms with Gasteiger partial charge in [-0.25, -0.2) is 4.98 Å². The van der Waals surface area contributed by atoms with E-state index in [0.717, 1.165) is 24.2 Å². The number of carbonyl (C=O) groups excluding carboxylic acids is 1. The highest BCUT2D eigenvalue weighted by molar-refractivity contribution is 7.99. The quantitative estimate of drug-likeness (QED) is 0.420. The molecule has 28 heavy (non-hydrogen) atoms. The number of aromatic nitrogens is 4. The number of nitrogens with zero attached hydrogens (tertiary/aromatic N) is 4. The molecule has 2 aromatic heterocycles. The Kier molecular flexibility index (Phi) is 6.65. The molecule has 0 atom stereocenters. The van der Waals surface area contributed by atoms with Crippen LogP contribution in [0.15, 0.2) is 47.9 Å². The molecule has 2 heterocycles. The summed E-state index contributed by atoms with van der Waals surface area (Å²) in [6.07, 6.45) is 5.26. The van der Waals surface area contributed by atoms with Gasteiger partial charge in [-0.1, -0.05) is 25.1 Å². The van der Waals surface area contributed by atoms with Crippen molar-refractivity contribution < 1.29 is 14.3 Å². The summed E-state index contributed by atoms with van der Waals surface area (Å²) in [5.41, 5.74) is 1.20. The summed E-state index contributed by atoms with van der Waals surface area (Å²) in [4.78, 5) is 21.6. The molecule has 0 fully saturated rings. The van der Waals surface area contributed by atoms with E-state index >= 15 is 0 Å². The minimum atomic E-state index is -0.258. The van der Waals surface area contributed by atoms with Crippen molar-refractivity contribution in [1.82, 2.24) is 19.7 Å². The molecule has 0 spiro atoms. The number of methoxy groups -OCH3 is 2. The molecule has 3 rings (SSSR count). The Bertz CT molecular complexity index is 944. The van der Waals surface area contributed by atoms with Crippen LogP contribution >= 0.6 is 11.8 Å². The van der Waals surface area contributed by atoms with Gasteiger partial charge in [0.25, 0.3) is 5.91 Å². The number of pyridine rings is 1. The molecular formula is C20H22N4O3S. The van der Waals surface area contributed by atoms with Crippen LogP contribution < -0.4 is 9.47 Å². The predicted molar refractivity (Wildman–Crippen MR) is 108 cm³/mol. The van der Waals surface area contributed by atoms with Crippen molar-refractivity contribution in [2.24, 2.45) is 0 Å². The zero-order chi connectivity index (χ0) is 19.9. The number of thioether (sulfide) groups is 1. The highest BCUT2D eigenvalue weighted by Crippen LogP contribution is 2.32. The van der Waals surface area contributed by atoms with E-state index in [1.807, 2.05) is 6.07 Å². The highest BCUT2D eigenvalue weighted by atomic mass is 32.2. The topological polar surface area (TPSA) is 79.1 Å². The minimum Gasteiger partial charge on any atom is -0.493 e. The molecule has 8 heteroatoms. The molecular weight excluding hydrogens is 376 g/mol. The molecule has 0 radical (unpaired) electrons. The number of ether oxygens (including phenoxy) is 2. The van der Waals surface area contributed by atoms with Gasteiger partial charge >= 0.3 is 0 Å². The van der Waals surface area contributed by atoms with Crippen molar-refractivity contribution in [3.63, 3.8) is 0 Å². The van der Waals surface area contributed by atoms with E-state index in [1.54, 1.807) is 44.7 Å². The molecule has 0 unspecified atom stereocenters. The van der Waals surface area contributed by atoms with Crippen molar-refractivity contribution in [2.45, 2.75) is 24.9 Å². The second-order valence-corrected chi connectivity index (χ2v) is 7.01. The maximum Gasteiger partial charge on any atom is 0.282 e. The van der Waals surface area contributed by atoms with E-state index in [4.69, 9.17) is 9.47 Å². The number of benzene rings is 1. The predicted octanol–water partition coefficient (Wildman–Crippen LogP) is 3.94. The molecule has 3 aromatic rings. The molecule has 0 aliphatic heterocycles. The molecule has 0 bridgehead atoms. The van der Waals surface area contributed by atoms with Crippen molar-refractivity contribution in [3.05, 3.63) is 48.3 Å². The van der Waals surface area contributed by atoms with Crippen LogP contribution in [-0.4, -0.2) is 45.6 Å². The average Bonchev–Trinajstić information content (AvgIpc) is 3.17. The summed E-state index contributed by atoms with van der Waals surface area (Å²) in [6, 6.07) is 8.88. The summed E-state index contributed by atoms with van der Waals surface area (Å²) >= 11 is 1.52. The summed E-state index contributed by atoms with van der Waals surface area (Å²) in [5, 5.41) is 5.04. The summed E-state index contributed by atoms with van der Waals surface area (Å²) < 4.78 is 12.0. The number of rotatable bonds is 8. The lowest BCUT2D eigenvalue weighted by molar-refractivity contribution is 0.0933. The Balaban J connectivity index is 2.00. The van der Waals surface area contributed by atoms with E-state index in [0.29, 0.717) is 28.0 Å². The average molecular weight is 398 g/mol. The van der Waals surface area contributed by atoms with Crippen LogP contribution in [0.2, 0.25) is 0 Å². The minimum absolute atomic E-state index is 0.258. The number of hydrogen-bond acceptors (Lipinski definition) is 7. The second-order valence-electron chi connectivity index (χ2n) is 5.95. The number of unbranched alkanes of at least 4 members (excludes halogenated alkanes) is 1. The molecule has 0 aliphatic carbocycles. The number of hydrogen-bond donors (Lipinski definition) is 0. The lowest BCUT2D eigenvalue weighted by Crippen LogP contribution is -2.15. The van der Waals surface area contributed by atoms with Gasteiger partial charge in [0.05, 0.1) is 19.8 Å². The fraction of sp³-hybridized carbons (Fsp3) is 0.300. The molecule has 0 N–H and O–H groups in total. The zero-order valence-corrected chi connectivity index (χ0v) is 16.9. The first-order valence-electron chi connectivity index (χ1n) is 8.95. The molecule has 0 amide bonds. The van der Waals surface area contributed by atoms with Crippen LogP contribution in [0.5, 0.6) is 11.5 Å². The SMILES string of the molecule is CCCCSc1nc(-c2ccc(OC)c(OC)c2)nn1C(=O)c1cccnc1. The zero-order valence-electron chi connectivity index (χ0n) is 16.1. The Morgan fingerprint density at radius 1 is 1.18 bits per heavy atom. The smallest absolute Gasteiger partial charge is 0.282 e. The Hall–Kier alpha value is -2.87. The monoisotopic (exact) mass is 398 g/mol. The van der Waals surface area contributed by atoms with E-state index in [-0.39, 0.29) is 5.91 Å². The van der Waals surface area contributed by atoms with Crippen molar-refractivity contribution in [2.75, 3.05) is 20.0 Å². The third-order valence-corrected chi connectivity index (χ3v) is 5.06. The normalized spacial score (nSPS) is 10.7. The lowest BCUT2D eigenvalue weighted by Gasteiger charge is -2.07. The Morgan fingerprint density at radius 2 is 2.00 bits per heavy atom. The maximum absolute atomic E-state index is 12.9. The van der Waals surface area contributed by atoms with Crippen molar-refractivity contribution in [3.8, 4) is 22.9 Å². The van der Waals surface area contributed by atoms with Crippen LogP contribution in [0.25, 0.3) is 11.4 Å². The van der Waals surface area contributed by atoms with E-state index in [9.17, 15) is 4.79 Å².